The van der Waals surface area contributed by atoms with E-state index in [4.69, 9.17) is 10.5 Å². The molecule has 0 saturated carbocycles. The molecule has 5 aromatic rings. The molecule has 0 radical (unpaired) electrons. The molecule has 212 valence electrons. The van der Waals surface area contributed by atoms with Gasteiger partial charge in [0.2, 0.25) is 5.95 Å². The Morgan fingerprint density at radius 1 is 0.905 bits per heavy atom. The van der Waals surface area contributed by atoms with Crippen LogP contribution < -0.4 is 11.3 Å². The third kappa shape index (κ3) is 5.83. The van der Waals surface area contributed by atoms with Crippen molar-refractivity contribution < 1.29 is 14.6 Å². The third-order valence-electron chi connectivity index (χ3n) is 8.01. The average Bonchev–Trinajstić information content (AvgIpc) is 3.53. The number of nitrogens with two attached hydrogens (primary N) is 1. The van der Waals surface area contributed by atoms with Crippen LogP contribution in [0.1, 0.15) is 40.7 Å². The first-order valence-corrected chi connectivity index (χ1v) is 14.4. The number of fused-ring (bicyclic) bond motifs is 1. The summed E-state index contributed by atoms with van der Waals surface area (Å²) < 4.78 is 7.22. The van der Waals surface area contributed by atoms with E-state index in [1.165, 1.54) is 15.7 Å². The topological polar surface area (TPSA) is 107 Å². The van der Waals surface area contributed by atoms with E-state index in [-0.39, 0.29) is 23.2 Å². The summed E-state index contributed by atoms with van der Waals surface area (Å²) in [5.74, 6) is -0.779. The number of benzene rings is 4. The third-order valence-corrected chi connectivity index (χ3v) is 8.01. The molecule has 0 aliphatic carbocycles. The minimum absolute atomic E-state index is 0.0233. The normalized spacial score (nSPS) is 14.8. The molecule has 4 aromatic carbocycles. The molecule has 1 aliphatic heterocycles. The number of nitrogen functional groups attached to an aromatic ring is 1. The van der Waals surface area contributed by atoms with Gasteiger partial charge in [-0.1, -0.05) is 66.7 Å². The van der Waals surface area contributed by atoms with Crippen molar-refractivity contribution >= 4 is 22.8 Å². The Balaban J connectivity index is 1.36. The van der Waals surface area contributed by atoms with Gasteiger partial charge in [0.25, 0.3) is 5.56 Å². The van der Waals surface area contributed by atoms with Crippen LogP contribution in [0.25, 0.3) is 33.2 Å². The van der Waals surface area contributed by atoms with Crippen molar-refractivity contribution in [2.75, 3.05) is 12.3 Å². The summed E-state index contributed by atoms with van der Waals surface area (Å²) >= 11 is 0. The van der Waals surface area contributed by atoms with Crippen LogP contribution in [0.5, 0.6) is 0 Å². The van der Waals surface area contributed by atoms with Gasteiger partial charge in [-0.05, 0) is 89.8 Å². The Bertz CT molecular complexity index is 1790. The number of nitrogens with zero attached hydrogens (tertiary/aromatic N) is 2. The molecule has 3 N–H and O–H groups in total. The number of carbonyl (C=O) groups is 1. The molecule has 0 spiro atoms. The predicted octanol–water partition coefficient (Wildman–Crippen LogP) is 6.37. The highest BCUT2D eigenvalue weighted by Gasteiger charge is 2.20. The molecule has 7 heteroatoms. The summed E-state index contributed by atoms with van der Waals surface area (Å²) in [6.45, 7) is 1.11. The molecule has 1 aliphatic rings. The van der Waals surface area contributed by atoms with E-state index < -0.39 is 5.97 Å². The summed E-state index contributed by atoms with van der Waals surface area (Å²) in [7, 11) is 0. The van der Waals surface area contributed by atoms with Crippen molar-refractivity contribution in [3.05, 3.63) is 118 Å². The van der Waals surface area contributed by atoms with E-state index in [1.807, 2.05) is 36.4 Å². The lowest BCUT2D eigenvalue weighted by Crippen LogP contribution is -2.29. The van der Waals surface area contributed by atoms with Gasteiger partial charge in [-0.3, -0.25) is 9.36 Å². The number of hydrogen-bond donors (Lipinski definition) is 2. The molecule has 1 aromatic heterocycles. The van der Waals surface area contributed by atoms with Gasteiger partial charge in [0.15, 0.2) is 0 Å². The molecule has 0 amide bonds. The number of carboxylic acids is 1. The van der Waals surface area contributed by atoms with E-state index in [0.717, 1.165) is 54.4 Å². The number of aryl methyl sites for hydroxylation is 2. The van der Waals surface area contributed by atoms with Crippen LogP contribution >= 0.6 is 0 Å². The second kappa shape index (κ2) is 12.0. The van der Waals surface area contributed by atoms with E-state index in [0.29, 0.717) is 24.1 Å². The Hall–Kier alpha value is -4.75. The predicted molar refractivity (Wildman–Crippen MR) is 166 cm³/mol. The minimum atomic E-state index is -0.959. The van der Waals surface area contributed by atoms with Gasteiger partial charge < -0.3 is 15.6 Å². The number of ether oxygens (including phenoxy) is 1. The number of aromatic nitrogens is 2. The van der Waals surface area contributed by atoms with Gasteiger partial charge in [-0.15, -0.1) is 0 Å². The molecule has 1 fully saturated rings. The number of aromatic carboxylic acids is 1. The molecular weight excluding hydrogens is 526 g/mol. The zero-order valence-electron chi connectivity index (χ0n) is 23.3. The number of carboxylic acid groups (broad SMARTS) is 1. The monoisotopic (exact) mass is 559 g/mol. The molecule has 1 unspecified atom stereocenters. The van der Waals surface area contributed by atoms with Crippen LogP contribution in [-0.4, -0.2) is 33.3 Å². The maximum Gasteiger partial charge on any atom is 0.335 e. The molecule has 0 bridgehead atoms. The number of hydrogen-bond acceptors (Lipinski definition) is 5. The van der Waals surface area contributed by atoms with Crippen LogP contribution in [-0.2, 0) is 24.1 Å². The Labute approximate surface area is 244 Å². The standard InChI is InChI=1S/C35H33N3O4/c36-35-37-32-21-27(16-18-30(32)33(39)38(35)22-28-10-5-19-42-28)29-17-11-24(9-4-8-23-6-2-1-3-7-23)20-31(29)25-12-14-26(15-13-25)34(40)41/h1-3,6-7,11-18,20-21,28H,4-5,8-10,19,22H2,(H2,36,37)(H,40,41). The zero-order valence-corrected chi connectivity index (χ0v) is 23.3. The zero-order chi connectivity index (χ0) is 29.1. The molecule has 7 nitrogen and oxygen atoms in total. The van der Waals surface area contributed by atoms with Crippen LogP contribution in [0, 0.1) is 0 Å². The van der Waals surface area contributed by atoms with Crippen LogP contribution in [0.2, 0.25) is 0 Å². The molecule has 2 heterocycles. The van der Waals surface area contributed by atoms with Gasteiger partial charge in [0, 0.05) is 6.61 Å². The first-order chi connectivity index (χ1) is 20.5. The number of rotatable bonds is 9. The SMILES string of the molecule is Nc1nc2cc(-c3ccc(CCCc4ccccc4)cc3-c3ccc(C(=O)O)cc3)ccc2c(=O)n1CC1CCCO1. The summed E-state index contributed by atoms with van der Waals surface area (Å²) in [6, 6.07) is 29.5. The van der Waals surface area contributed by atoms with Crippen LogP contribution in [0.4, 0.5) is 5.95 Å². The van der Waals surface area contributed by atoms with Crippen LogP contribution in [0.15, 0.2) is 95.8 Å². The minimum Gasteiger partial charge on any atom is -0.478 e. The van der Waals surface area contributed by atoms with Gasteiger partial charge >= 0.3 is 5.97 Å². The second-order valence-electron chi connectivity index (χ2n) is 10.9. The second-order valence-corrected chi connectivity index (χ2v) is 10.9. The Morgan fingerprint density at radius 2 is 1.67 bits per heavy atom. The van der Waals surface area contributed by atoms with Crippen molar-refractivity contribution in [3.63, 3.8) is 0 Å². The van der Waals surface area contributed by atoms with Crippen molar-refractivity contribution in [3.8, 4) is 22.3 Å². The molecule has 1 saturated heterocycles. The fourth-order valence-electron chi connectivity index (χ4n) is 5.75. The maximum atomic E-state index is 13.3. The Morgan fingerprint density at radius 3 is 2.40 bits per heavy atom. The smallest absolute Gasteiger partial charge is 0.335 e. The summed E-state index contributed by atoms with van der Waals surface area (Å²) in [5, 5.41) is 9.92. The van der Waals surface area contributed by atoms with Crippen molar-refractivity contribution in [2.24, 2.45) is 0 Å². The molecule has 42 heavy (non-hydrogen) atoms. The summed E-state index contributed by atoms with van der Waals surface area (Å²) in [6.07, 6.45) is 4.78. The van der Waals surface area contributed by atoms with E-state index in [2.05, 4.69) is 47.4 Å². The van der Waals surface area contributed by atoms with Crippen molar-refractivity contribution in [1.29, 1.82) is 0 Å². The van der Waals surface area contributed by atoms with E-state index in [1.54, 1.807) is 12.1 Å². The number of anilines is 1. The van der Waals surface area contributed by atoms with Gasteiger partial charge in [0.05, 0.1) is 29.1 Å². The quantitative estimate of drug-likeness (QED) is 0.217. The lowest BCUT2D eigenvalue weighted by molar-refractivity contribution is 0.0697. The van der Waals surface area contributed by atoms with Gasteiger partial charge in [-0.2, -0.15) is 0 Å². The first-order valence-electron chi connectivity index (χ1n) is 14.4. The largest absolute Gasteiger partial charge is 0.478 e. The fourth-order valence-corrected chi connectivity index (χ4v) is 5.75. The van der Waals surface area contributed by atoms with Crippen molar-refractivity contribution in [2.45, 2.75) is 44.8 Å². The fraction of sp³-hybridized carbons (Fsp3) is 0.229. The van der Waals surface area contributed by atoms with Gasteiger partial charge in [-0.25, -0.2) is 9.78 Å². The Kier molecular flexibility index (Phi) is 7.84. The summed E-state index contributed by atoms with van der Waals surface area (Å²) in [5.41, 5.74) is 13.2. The molecular formula is C35H33N3O4. The van der Waals surface area contributed by atoms with Gasteiger partial charge in [0.1, 0.15) is 0 Å². The lowest BCUT2D eigenvalue weighted by atomic mass is 9.90. The molecule has 6 rings (SSSR count). The van der Waals surface area contributed by atoms with Crippen molar-refractivity contribution in [1.82, 2.24) is 9.55 Å². The van der Waals surface area contributed by atoms with E-state index >= 15 is 0 Å². The summed E-state index contributed by atoms with van der Waals surface area (Å²) in [4.78, 5) is 29.4. The highest BCUT2D eigenvalue weighted by Crippen LogP contribution is 2.35. The highest BCUT2D eigenvalue weighted by atomic mass is 16.5. The first kappa shape index (κ1) is 27.4. The average molecular weight is 560 g/mol. The van der Waals surface area contributed by atoms with Crippen LogP contribution in [0.3, 0.4) is 0 Å². The molecule has 1 atom stereocenters. The lowest BCUT2D eigenvalue weighted by Gasteiger charge is -2.16. The highest BCUT2D eigenvalue weighted by molar-refractivity contribution is 5.92. The maximum absolute atomic E-state index is 13.3. The van der Waals surface area contributed by atoms with E-state index in [9.17, 15) is 14.7 Å².